The van der Waals surface area contributed by atoms with Gasteiger partial charge < -0.3 is 4.52 Å². The summed E-state index contributed by atoms with van der Waals surface area (Å²) in [6.45, 7) is 15.2. The first-order chi connectivity index (χ1) is 13.8. The standard InChI is InChI=1S/C25H29OP.C2H6/c1-17-16-21(25(3,4)5)18(2)22(24(17)26-27)23(19-12-8-6-9-13-19)20-14-10-7-11-15-20;1-2/h6-16,23H,27H2,1-5H3;1-2H3. The third-order valence-corrected chi connectivity index (χ3v) is 5.49. The van der Waals surface area contributed by atoms with E-state index in [2.05, 4.69) is 111 Å². The maximum absolute atomic E-state index is 5.87. The molecule has 3 rings (SSSR count). The van der Waals surface area contributed by atoms with Gasteiger partial charge in [0.25, 0.3) is 0 Å². The second kappa shape index (κ2) is 10.1. The minimum Gasteiger partial charge on any atom is -0.480 e. The lowest BCUT2D eigenvalue weighted by atomic mass is 9.75. The summed E-state index contributed by atoms with van der Waals surface area (Å²) in [5.41, 5.74) is 7.74. The van der Waals surface area contributed by atoms with E-state index in [4.69, 9.17) is 4.52 Å². The van der Waals surface area contributed by atoms with Crippen LogP contribution in [0.2, 0.25) is 0 Å². The molecule has 1 unspecified atom stereocenters. The maximum atomic E-state index is 5.87. The van der Waals surface area contributed by atoms with Crippen molar-refractivity contribution in [3.8, 4) is 5.75 Å². The number of hydrogen-bond acceptors (Lipinski definition) is 1. The fraction of sp³-hybridized carbons (Fsp3) is 0.333. The second-order valence-electron chi connectivity index (χ2n) is 8.23. The Balaban J connectivity index is 0.00000145. The van der Waals surface area contributed by atoms with Crippen molar-refractivity contribution in [3.05, 3.63) is 100 Å². The number of benzene rings is 3. The Morgan fingerprint density at radius 1 is 0.793 bits per heavy atom. The molecule has 29 heavy (non-hydrogen) atoms. The Bertz CT molecular complexity index is 869. The molecule has 0 spiro atoms. The first-order valence-electron chi connectivity index (χ1n) is 10.5. The van der Waals surface area contributed by atoms with Gasteiger partial charge in [-0.1, -0.05) is 101 Å². The lowest BCUT2D eigenvalue weighted by Gasteiger charge is -2.30. The summed E-state index contributed by atoms with van der Waals surface area (Å²) in [6, 6.07) is 23.7. The van der Waals surface area contributed by atoms with Crippen LogP contribution < -0.4 is 4.52 Å². The van der Waals surface area contributed by atoms with E-state index in [-0.39, 0.29) is 11.3 Å². The van der Waals surface area contributed by atoms with Crippen LogP contribution in [0.15, 0.2) is 66.7 Å². The zero-order chi connectivity index (χ0) is 21.6. The van der Waals surface area contributed by atoms with Gasteiger partial charge in [0.2, 0.25) is 0 Å². The summed E-state index contributed by atoms with van der Waals surface area (Å²) >= 11 is 0. The largest absolute Gasteiger partial charge is 0.480 e. The third-order valence-electron chi connectivity index (χ3n) is 5.25. The average Bonchev–Trinajstić information content (AvgIpc) is 2.73. The molecule has 0 saturated carbocycles. The van der Waals surface area contributed by atoms with Crippen molar-refractivity contribution in [1.29, 1.82) is 0 Å². The minimum atomic E-state index is 0.0704. The molecule has 0 bridgehead atoms. The Labute approximate surface area is 179 Å². The molecule has 0 aromatic heterocycles. The molecule has 0 saturated heterocycles. The molecule has 3 aromatic rings. The molecule has 0 aliphatic carbocycles. The van der Waals surface area contributed by atoms with E-state index < -0.39 is 0 Å². The van der Waals surface area contributed by atoms with Crippen LogP contribution in [0.3, 0.4) is 0 Å². The molecule has 3 aromatic carbocycles. The number of hydrogen-bond donors (Lipinski definition) is 0. The molecule has 0 N–H and O–H groups in total. The fourth-order valence-electron chi connectivity index (χ4n) is 4.02. The topological polar surface area (TPSA) is 9.23 Å². The van der Waals surface area contributed by atoms with Gasteiger partial charge in [0.15, 0.2) is 0 Å². The maximum Gasteiger partial charge on any atom is 0.129 e. The molecule has 2 heteroatoms. The smallest absolute Gasteiger partial charge is 0.129 e. The Morgan fingerprint density at radius 3 is 1.62 bits per heavy atom. The summed E-state index contributed by atoms with van der Waals surface area (Å²) in [5, 5.41) is 0. The van der Waals surface area contributed by atoms with Crippen LogP contribution in [-0.4, -0.2) is 0 Å². The van der Waals surface area contributed by atoms with Crippen LogP contribution in [0.5, 0.6) is 5.75 Å². The summed E-state index contributed by atoms with van der Waals surface area (Å²) in [5.74, 6) is 1.09. The SMILES string of the molecule is CC.Cc1cc(C(C)(C)C)c(C)c(C(c2ccccc2)c2ccccc2)c1OP. The van der Waals surface area contributed by atoms with Crippen LogP contribution in [0.25, 0.3) is 0 Å². The predicted octanol–water partition coefficient (Wildman–Crippen LogP) is 7.98. The van der Waals surface area contributed by atoms with Crippen LogP contribution in [0.4, 0.5) is 0 Å². The summed E-state index contributed by atoms with van der Waals surface area (Å²) in [6.07, 6.45) is 0. The van der Waals surface area contributed by atoms with E-state index >= 15 is 0 Å². The highest BCUT2D eigenvalue weighted by Crippen LogP contribution is 2.44. The highest BCUT2D eigenvalue weighted by atomic mass is 31.0. The van der Waals surface area contributed by atoms with Crippen molar-refractivity contribution in [1.82, 2.24) is 0 Å². The van der Waals surface area contributed by atoms with Gasteiger partial charge in [0.1, 0.15) is 5.75 Å². The number of rotatable bonds is 4. The Morgan fingerprint density at radius 2 is 1.24 bits per heavy atom. The van der Waals surface area contributed by atoms with E-state index in [1.54, 1.807) is 0 Å². The van der Waals surface area contributed by atoms with Crippen LogP contribution in [0.1, 0.15) is 73.9 Å². The summed E-state index contributed by atoms with van der Waals surface area (Å²) in [4.78, 5) is 0. The van der Waals surface area contributed by atoms with Gasteiger partial charge in [-0.3, -0.25) is 0 Å². The Hall–Kier alpha value is -2.11. The molecule has 1 nitrogen and oxygen atoms in total. The first-order valence-corrected chi connectivity index (χ1v) is 10.9. The molecule has 0 aliphatic heterocycles. The number of aryl methyl sites for hydroxylation is 1. The molecule has 0 radical (unpaired) electrons. The van der Waals surface area contributed by atoms with Gasteiger partial charge in [-0.05, 0) is 47.1 Å². The predicted molar refractivity (Wildman–Crippen MR) is 130 cm³/mol. The van der Waals surface area contributed by atoms with E-state index in [1.165, 1.54) is 33.4 Å². The zero-order valence-electron chi connectivity index (χ0n) is 18.9. The van der Waals surface area contributed by atoms with E-state index in [1.807, 2.05) is 13.8 Å². The van der Waals surface area contributed by atoms with Crippen LogP contribution in [0, 0.1) is 13.8 Å². The molecular formula is C27H35OP. The van der Waals surface area contributed by atoms with Crippen molar-refractivity contribution in [2.45, 2.75) is 59.8 Å². The second-order valence-corrected chi connectivity index (χ2v) is 8.47. The highest BCUT2D eigenvalue weighted by Gasteiger charge is 2.28. The van der Waals surface area contributed by atoms with Crippen molar-refractivity contribution in [2.75, 3.05) is 0 Å². The van der Waals surface area contributed by atoms with E-state index in [0.717, 1.165) is 5.75 Å². The molecular weight excluding hydrogens is 371 g/mol. The van der Waals surface area contributed by atoms with E-state index in [9.17, 15) is 0 Å². The van der Waals surface area contributed by atoms with Crippen molar-refractivity contribution < 1.29 is 4.52 Å². The van der Waals surface area contributed by atoms with Gasteiger partial charge >= 0.3 is 0 Å². The van der Waals surface area contributed by atoms with Crippen molar-refractivity contribution in [3.63, 3.8) is 0 Å². The van der Waals surface area contributed by atoms with Gasteiger partial charge in [-0.25, -0.2) is 0 Å². The van der Waals surface area contributed by atoms with Gasteiger partial charge in [0.05, 0.1) is 9.47 Å². The van der Waals surface area contributed by atoms with Crippen molar-refractivity contribution in [2.24, 2.45) is 0 Å². The van der Waals surface area contributed by atoms with E-state index in [0.29, 0.717) is 0 Å². The monoisotopic (exact) mass is 406 g/mol. The molecule has 0 aliphatic rings. The summed E-state index contributed by atoms with van der Waals surface area (Å²) < 4.78 is 5.87. The van der Waals surface area contributed by atoms with Crippen LogP contribution in [-0.2, 0) is 5.41 Å². The molecule has 0 fully saturated rings. The molecule has 1 atom stereocenters. The fourth-order valence-corrected chi connectivity index (χ4v) is 4.33. The molecule has 0 heterocycles. The third kappa shape index (κ3) is 5.09. The average molecular weight is 407 g/mol. The van der Waals surface area contributed by atoms with Crippen molar-refractivity contribution >= 4 is 9.47 Å². The van der Waals surface area contributed by atoms with Gasteiger partial charge in [-0.15, -0.1) is 0 Å². The Kier molecular flexibility index (Phi) is 8.05. The minimum absolute atomic E-state index is 0.0704. The first kappa shape index (κ1) is 23.2. The normalized spacial score (nSPS) is 11.1. The van der Waals surface area contributed by atoms with Gasteiger partial charge in [-0.2, -0.15) is 0 Å². The summed E-state index contributed by atoms with van der Waals surface area (Å²) in [7, 11) is 2.45. The quantitative estimate of drug-likeness (QED) is 0.315. The molecule has 0 amide bonds. The zero-order valence-corrected chi connectivity index (χ0v) is 20.1. The lowest BCUT2D eigenvalue weighted by Crippen LogP contribution is -2.17. The lowest BCUT2D eigenvalue weighted by molar-refractivity contribution is 0.575. The van der Waals surface area contributed by atoms with Crippen LogP contribution >= 0.6 is 9.47 Å². The molecule has 154 valence electrons. The highest BCUT2D eigenvalue weighted by molar-refractivity contribution is 7.10. The van der Waals surface area contributed by atoms with Gasteiger partial charge in [0, 0.05) is 11.5 Å².